The molecule has 2 N–H and O–H groups in total. The van der Waals surface area contributed by atoms with Crippen molar-refractivity contribution in [2.45, 2.75) is 5.03 Å². The Morgan fingerprint density at radius 1 is 1.47 bits per heavy atom. The molecular weight excluding hydrogens is 216 g/mol. The minimum absolute atomic E-state index is 0.624. The molecule has 0 amide bonds. The van der Waals surface area contributed by atoms with Crippen molar-refractivity contribution in [3.05, 3.63) is 24.1 Å². The third kappa shape index (κ3) is 2.13. The Hall–Kier alpha value is -1.89. The number of aliphatic carboxylic acids is 1. The van der Waals surface area contributed by atoms with Crippen molar-refractivity contribution >= 4 is 28.9 Å². The highest BCUT2D eigenvalue weighted by atomic mass is 32.2. The number of carbonyl (C=O) groups is 1. The first-order valence-corrected chi connectivity index (χ1v) is 4.85. The maximum atomic E-state index is 10.2. The van der Waals surface area contributed by atoms with E-state index in [4.69, 9.17) is 5.11 Å². The molecule has 0 atom stereocenters. The summed E-state index contributed by atoms with van der Waals surface area (Å²) < 4.78 is 0. The van der Waals surface area contributed by atoms with E-state index in [1.165, 1.54) is 29.8 Å². The number of carboxylic acids is 1. The molecule has 0 saturated heterocycles. The summed E-state index contributed by atoms with van der Waals surface area (Å²) >= 11 is 1.19. The minimum atomic E-state index is -0.991. The van der Waals surface area contributed by atoms with Gasteiger partial charge in [0.15, 0.2) is 5.65 Å². The number of aromatic amines is 1. The topological polar surface area (TPSA) is 91.8 Å². The first-order chi connectivity index (χ1) is 7.27. The highest BCUT2D eigenvalue weighted by Crippen LogP contribution is 2.22. The summed E-state index contributed by atoms with van der Waals surface area (Å²) in [4.78, 5) is 25.1. The molecule has 2 heterocycles. The standard InChI is InChI=1S/C8H6N4O2S/c13-5(14)1-2-15-8-6-7(10-3-9-6)11-4-12-8/h1-4H,(H,13,14)(H,9,10,11,12)/b2-1-. The smallest absolute Gasteiger partial charge is 0.328 e. The SMILES string of the molecule is O=C(O)/C=C\Sc1ncnc2[nH]cnc12. The van der Waals surface area contributed by atoms with E-state index in [1.807, 2.05) is 0 Å². The Morgan fingerprint density at radius 3 is 3.13 bits per heavy atom. The van der Waals surface area contributed by atoms with Gasteiger partial charge in [-0.15, -0.1) is 0 Å². The van der Waals surface area contributed by atoms with E-state index in [2.05, 4.69) is 19.9 Å². The van der Waals surface area contributed by atoms with Crippen LogP contribution in [0.1, 0.15) is 0 Å². The van der Waals surface area contributed by atoms with E-state index >= 15 is 0 Å². The third-order valence-electron chi connectivity index (χ3n) is 1.57. The van der Waals surface area contributed by atoms with Crippen molar-refractivity contribution in [3.8, 4) is 0 Å². The lowest BCUT2D eigenvalue weighted by Gasteiger charge is -1.94. The molecule has 76 valence electrons. The molecule has 2 rings (SSSR count). The molecule has 0 aliphatic carbocycles. The predicted octanol–water partition coefficient (Wildman–Crippen LogP) is 1.04. The van der Waals surface area contributed by atoms with Crippen molar-refractivity contribution in [2.24, 2.45) is 0 Å². The van der Waals surface area contributed by atoms with Crippen LogP contribution in [0.4, 0.5) is 0 Å². The zero-order valence-electron chi connectivity index (χ0n) is 7.41. The summed E-state index contributed by atoms with van der Waals surface area (Å²) in [6, 6.07) is 0. The first-order valence-electron chi connectivity index (χ1n) is 3.97. The zero-order valence-corrected chi connectivity index (χ0v) is 8.23. The Labute approximate surface area is 88.5 Å². The van der Waals surface area contributed by atoms with E-state index < -0.39 is 5.97 Å². The fourth-order valence-corrected chi connectivity index (χ4v) is 1.67. The van der Waals surface area contributed by atoms with Gasteiger partial charge in [0, 0.05) is 6.08 Å². The largest absolute Gasteiger partial charge is 0.478 e. The van der Waals surface area contributed by atoms with Gasteiger partial charge < -0.3 is 10.1 Å². The number of nitrogens with one attached hydrogen (secondary N) is 1. The molecule has 0 spiro atoms. The monoisotopic (exact) mass is 222 g/mol. The second kappa shape index (κ2) is 4.09. The number of aromatic nitrogens is 4. The highest BCUT2D eigenvalue weighted by Gasteiger charge is 2.04. The zero-order chi connectivity index (χ0) is 10.7. The van der Waals surface area contributed by atoms with Crippen LogP contribution in [0.2, 0.25) is 0 Å². The fourth-order valence-electron chi connectivity index (χ4n) is 0.985. The molecule has 0 radical (unpaired) electrons. The maximum absolute atomic E-state index is 10.2. The molecule has 0 bridgehead atoms. The summed E-state index contributed by atoms with van der Waals surface area (Å²) in [5, 5.41) is 10.5. The van der Waals surface area contributed by atoms with E-state index in [0.717, 1.165) is 6.08 Å². The van der Waals surface area contributed by atoms with E-state index in [0.29, 0.717) is 16.2 Å². The molecule has 2 aromatic heterocycles. The average molecular weight is 222 g/mol. The number of thioether (sulfide) groups is 1. The summed E-state index contributed by atoms with van der Waals surface area (Å²) in [6.07, 6.45) is 3.97. The summed E-state index contributed by atoms with van der Waals surface area (Å²) in [6.45, 7) is 0. The van der Waals surface area contributed by atoms with Gasteiger partial charge in [0.25, 0.3) is 0 Å². The second-order valence-corrected chi connectivity index (χ2v) is 3.43. The Balaban J connectivity index is 2.27. The van der Waals surface area contributed by atoms with E-state index in [9.17, 15) is 4.79 Å². The van der Waals surface area contributed by atoms with E-state index in [-0.39, 0.29) is 0 Å². The third-order valence-corrected chi connectivity index (χ3v) is 2.37. The minimum Gasteiger partial charge on any atom is -0.478 e. The number of fused-ring (bicyclic) bond motifs is 1. The van der Waals surface area contributed by atoms with Crippen LogP contribution in [0.3, 0.4) is 0 Å². The number of carboxylic acid groups (broad SMARTS) is 1. The Bertz CT molecular complexity index is 522. The number of imidazole rings is 1. The van der Waals surface area contributed by atoms with Gasteiger partial charge in [-0.3, -0.25) is 0 Å². The van der Waals surface area contributed by atoms with E-state index in [1.54, 1.807) is 0 Å². The molecule has 0 aliphatic heterocycles. The lowest BCUT2D eigenvalue weighted by atomic mass is 10.6. The van der Waals surface area contributed by atoms with Crippen molar-refractivity contribution in [2.75, 3.05) is 0 Å². The van der Waals surface area contributed by atoms with Gasteiger partial charge >= 0.3 is 5.97 Å². The fraction of sp³-hybridized carbons (Fsp3) is 0. The maximum Gasteiger partial charge on any atom is 0.328 e. The number of hydrogen-bond acceptors (Lipinski definition) is 5. The first kappa shape index (κ1) is 9.66. The van der Waals surface area contributed by atoms with Gasteiger partial charge in [-0.1, -0.05) is 11.8 Å². The summed E-state index contributed by atoms with van der Waals surface area (Å²) in [5.41, 5.74) is 1.27. The second-order valence-electron chi connectivity index (χ2n) is 2.54. The molecule has 7 heteroatoms. The van der Waals surface area contributed by atoms with Crippen LogP contribution in [0.25, 0.3) is 11.2 Å². The van der Waals surface area contributed by atoms with Crippen molar-refractivity contribution in [3.63, 3.8) is 0 Å². The molecule has 15 heavy (non-hydrogen) atoms. The highest BCUT2D eigenvalue weighted by molar-refractivity contribution is 8.02. The predicted molar refractivity (Wildman–Crippen MR) is 54.3 cm³/mol. The summed E-state index contributed by atoms with van der Waals surface area (Å²) in [5.74, 6) is -0.991. The van der Waals surface area contributed by atoms with Crippen LogP contribution < -0.4 is 0 Å². The molecule has 0 fully saturated rings. The Kier molecular flexibility index (Phi) is 2.64. The van der Waals surface area contributed by atoms with Crippen molar-refractivity contribution in [1.29, 1.82) is 0 Å². The van der Waals surface area contributed by atoms with Crippen LogP contribution in [-0.2, 0) is 4.79 Å². The molecule has 0 unspecified atom stereocenters. The van der Waals surface area contributed by atoms with Crippen LogP contribution in [0.5, 0.6) is 0 Å². The molecular formula is C8H6N4O2S. The number of H-pyrrole nitrogens is 1. The van der Waals surface area contributed by atoms with Gasteiger partial charge in [-0.05, 0) is 5.41 Å². The quantitative estimate of drug-likeness (QED) is 0.458. The van der Waals surface area contributed by atoms with Gasteiger partial charge in [0.1, 0.15) is 16.9 Å². The molecule has 6 nitrogen and oxygen atoms in total. The van der Waals surface area contributed by atoms with Gasteiger partial charge in [0.05, 0.1) is 6.33 Å². The van der Waals surface area contributed by atoms with Crippen molar-refractivity contribution < 1.29 is 9.90 Å². The van der Waals surface area contributed by atoms with Crippen LogP contribution in [0, 0.1) is 0 Å². The molecule has 0 aliphatic rings. The van der Waals surface area contributed by atoms with Gasteiger partial charge in [0.2, 0.25) is 0 Å². The Morgan fingerprint density at radius 2 is 2.33 bits per heavy atom. The average Bonchev–Trinajstić information content (AvgIpc) is 2.65. The number of hydrogen-bond donors (Lipinski definition) is 2. The number of rotatable bonds is 3. The molecule has 0 aromatic carbocycles. The van der Waals surface area contributed by atoms with Crippen LogP contribution >= 0.6 is 11.8 Å². The van der Waals surface area contributed by atoms with Crippen LogP contribution in [0.15, 0.2) is 29.2 Å². The normalized spacial score (nSPS) is 11.2. The summed E-state index contributed by atoms with van der Waals surface area (Å²) in [7, 11) is 0. The number of nitrogens with zero attached hydrogens (tertiary/aromatic N) is 3. The van der Waals surface area contributed by atoms with Gasteiger partial charge in [-0.2, -0.15) is 0 Å². The lowest BCUT2D eigenvalue weighted by Crippen LogP contribution is -1.86. The van der Waals surface area contributed by atoms with Crippen molar-refractivity contribution in [1.82, 2.24) is 19.9 Å². The molecule has 2 aromatic rings. The van der Waals surface area contributed by atoms with Crippen LogP contribution in [-0.4, -0.2) is 31.0 Å². The lowest BCUT2D eigenvalue weighted by molar-refractivity contribution is -0.131. The van der Waals surface area contributed by atoms with Gasteiger partial charge in [-0.25, -0.2) is 19.7 Å². The molecule has 0 saturated carbocycles.